The molecule has 0 heterocycles. The third-order valence-electron chi connectivity index (χ3n) is 1.53. The van der Waals surface area contributed by atoms with Crippen molar-refractivity contribution in [2.45, 2.75) is 26.4 Å². The SMILES string of the molecule is C=CC[C@H](C(C)=O)[C@H](C)O. The van der Waals surface area contributed by atoms with Gasteiger partial charge in [0, 0.05) is 5.92 Å². The van der Waals surface area contributed by atoms with Crippen LogP contribution in [0.15, 0.2) is 12.7 Å². The van der Waals surface area contributed by atoms with E-state index < -0.39 is 6.10 Å². The van der Waals surface area contributed by atoms with Crippen LogP contribution in [0.5, 0.6) is 0 Å². The summed E-state index contributed by atoms with van der Waals surface area (Å²) in [5.74, 6) is -0.243. The highest BCUT2D eigenvalue weighted by Gasteiger charge is 2.17. The summed E-state index contributed by atoms with van der Waals surface area (Å²) in [6.07, 6.45) is 1.65. The molecule has 0 unspecified atom stereocenters. The standard InChI is InChI=1S/C8H14O2/c1-4-5-8(6(2)9)7(3)10/h4,6,8-9H,1,5H2,2-3H3/t6-,8-/m0/s1. The summed E-state index contributed by atoms with van der Waals surface area (Å²) in [5, 5.41) is 9.05. The summed E-state index contributed by atoms with van der Waals surface area (Å²) in [7, 11) is 0. The molecular weight excluding hydrogens is 128 g/mol. The largest absolute Gasteiger partial charge is 0.393 e. The number of allylic oxidation sites excluding steroid dienone is 1. The minimum Gasteiger partial charge on any atom is -0.393 e. The Morgan fingerprint density at radius 1 is 1.80 bits per heavy atom. The minimum absolute atomic E-state index is 0.0231. The Kier molecular flexibility index (Phi) is 3.96. The Bertz CT molecular complexity index is 127. The van der Waals surface area contributed by atoms with Crippen molar-refractivity contribution in [3.8, 4) is 0 Å². The molecule has 10 heavy (non-hydrogen) atoms. The lowest BCUT2D eigenvalue weighted by Gasteiger charge is -2.13. The van der Waals surface area contributed by atoms with E-state index in [4.69, 9.17) is 5.11 Å². The molecule has 0 saturated heterocycles. The van der Waals surface area contributed by atoms with Crippen LogP contribution in [0.3, 0.4) is 0 Å². The van der Waals surface area contributed by atoms with E-state index >= 15 is 0 Å². The van der Waals surface area contributed by atoms with Crippen LogP contribution in [-0.4, -0.2) is 17.0 Å². The first-order valence-corrected chi connectivity index (χ1v) is 3.39. The van der Waals surface area contributed by atoms with Gasteiger partial charge in [0.15, 0.2) is 0 Å². The second kappa shape index (κ2) is 4.23. The Morgan fingerprint density at radius 3 is 2.40 bits per heavy atom. The molecule has 0 fully saturated rings. The van der Waals surface area contributed by atoms with Gasteiger partial charge in [0.1, 0.15) is 5.78 Å². The van der Waals surface area contributed by atoms with Gasteiger partial charge < -0.3 is 5.11 Å². The Hall–Kier alpha value is -0.630. The van der Waals surface area contributed by atoms with Gasteiger partial charge in [-0.05, 0) is 20.3 Å². The van der Waals surface area contributed by atoms with E-state index in [1.54, 1.807) is 13.0 Å². The fourth-order valence-electron chi connectivity index (χ4n) is 0.882. The van der Waals surface area contributed by atoms with Crippen molar-refractivity contribution in [1.82, 2.24) is 0 Å². The van der Waals surface area contributed by atoms with Crippen molar-refractivity contribution in [2.24, 2.45) is 5.92 Å². The zero-order valence-electron chi connectivity index (χ0n) is 6.50. The molecule has 0 aromatic heterocycles. The first kappa shape index (κ1) is 9.37. The first-order valence-electron chi connectivity index (χ1n) is 3.39. The summed E-state index contributed by atoms with van der Waals surface area (Å²) < 4.78 is 0. The molecule has 2 atom stereocenters. The summed E-state index contributed by atoms with van der Waals surface area (Å²) in [6.45, 7) is 6.61. The lowest BCUT2D eigenvalue weighted by atomic mass is 9.96. The van der Waals surface area contributed by atoms with E-state index in [0.29, 0.717) is 6.42 Å². The monoisotopic (exact) mass is 142 g/mol. The molecule has 1 N–H and O–H groups in total. The van der Waals surface area contributed by atoms with Gasteiger partial charge in [0.05, 0.1) is 6.10 Å². The van der Waals surface area contributed by atoms with Crippen molar-refractivity contribution in [2.75, 3.05) is 0 Å². The molecule has 2 heteroatoms. The molecule has 0 aromatic rings. The normalized spacial score (nSPS) is 15.9. The van der Waals surface area contributed by atoms with Crippen LogP contribution in [0.25, 0.3) is 0 Å². The molecule has 0 aliphatic carbocycles. The number of ketones is 1. The van der Waals surface area contributed by atoms with Gasteiger partial charge in [-0.15, -0.1) is 6.58 Å². The highest BCUT2D eigenvalue weighted by Crippen LogP contribution is 2.09. The number of hydrogen-bond donors (Lipinski definition) is 1. The van der Waals surface area contributed by atoms with Crippen LogP contribution in [0.1, 0.15) is 20.3 Å². The van der Waals surface area contributed by atoms with E-state index in [0.717, 1.165) is 0 Å². The maximum Gasteiger partial charge on any atom is 0.135 e. The van der Waals surface area contributed by atoms with Crippen molar-refractivity contribution < 1.29 is 9.90 Å². The Balaban J connectivity index is 3.97. The predicted octanol–water partition coefficient (Wildman–Crippen LogP) is 1.15. The molecule has 2 nitrogen and oxygen atoms in total. The fraction of sp³-hybridized carbons (Fsp3) is 0.625. The summed E-state index contributed by atoms with van der Waals surface area (Å²) in [4.78, 5) is 10.8. The van der Waals surface area contributed by atoms with Gasteiger partial charge in [0.25, 0.3) is 0 Å². The topological polar surface area (TPSA) is 37.3 Å². The van der Waals surface area contributed by atoms with Gasteiger partial charge in [-0.25, -0.2) is 0 Å². The van der Waals surface area contributed by atoms with Crippen LogP contribution in [-0.2, 0) is 4.79 Å². The van der Waals surface area contributed by atoms with E-state index in [1.165, 1.54) is 6.92 Å². The molecule has 0 radical (unpaired) electrons. The van der Waals surface area contributed by atoms with Gasteiger partial charge in [-0.3, -0.25) is 4.79 Å². The molecule has 0 saturated carbocycles. The van der Waals surface area contributed by atoms with E-state index in [1.807, 2.05) is 0 Å². The minimum atomic E-state index is -0.560. The maximum atomic E-state index is 10.8. The molecule has 0 aliphatic rings. The summed E-state index contributed by atoms with van der Waals surface area (Å²) in [6, 6.07) is 0. The van der Waals surface area contributed by atoms with Crippen LogP contribution in [0.2, 0.25) is 0 Å². The van der Waals surface area contributed by atoms with Gasteiger partial charge >= 0.3 is 0 Å². The zero-order valence-corrected chi connectivity index (χ0v) is 6.50. The third kappa shape index (κ3) is 2.78. The molecule has 58 valence electrons. The Morgan fingerprint density at radius 2 is 2.30 bits per heavy atom. The predicted molar refractivity (Wildman–Crippen MR) is 40.7 cm³/mol. The first-order chi connectivity index (χ1) is 4.59. The van der Waals surface area contributed by atoms with Crippen molar-refractivity contribution in [3.63, 3.8) is 0 Å². The number of carbonyl (C=O) groups is 1. The fourth-order valence-corrected chi connectivity index (χ4v) is 0.882. The van der Waals surface area contributed by atoms with Crippen molar-refractivity contribution in [1.29, 1.82) is 0 Å². The van der Waals surface area contributed by atoms with E-state index in [9.17, 15) is 4.79 Å². The lowest BCUT2D eigenvalue weighted by molar-refractivity contribution is -0.123. The van der Waals surface area contributed by atoms with Gasteiger partial charge in [-0.1, -0.05) is 6.08 Å². The quantitative estimate of drug-likeness (QED) is 0.598. The summed E-state index contributed by atoms with van der Waals surface area (Å²) >= 11 is 0. The maximum absolute atomic E-state index is 10.8. The lowest BCUT2D eigenvalue weighted by Crippen LogP contribution is -2.22. The van der Waals surface area contributed by atoms with Crippen molar-refractivity contribution >= 4 is 5.78 Å². The molecule has 0 aliphatic heterocycles. The molecule has 0 spiro atoms. The van der Waals surface area contributed by atoms with Crippen LogP contribution in [0, 0.1) is 5.92 Å². The number of Topliss-reactive ketones (excluding diaryl/α,β-unsaturated/α-hetero) is 1. The average molecular weight is 142 g/mol. The summed E-state index contributed by atoms with van der Waals surface area (Å²) in [5.41, 5.74) is 0. The number of carbonyl (C=O) groups excluding carboxylic acids is 1. The van der Waals surface area contributed by atoms with E-state index in [2.05, 4.69) is 6.58 Å². The number of hydrogen-bond acceptors (Lipinski definition) is 2. The highest BCUT2D eigenvalue weighted by atomic mass is 16.3. The van der Waals surface area contributed by atoms with Gasteiger partial charge in [0.2, 0.25) is 0 Å². The average Bonchev–Trinajstić information content (AvgIpc) is 1.81. The molecule has 0 amide bonds. The van der Waals surface area contributed by atoms with Crippen LogP contribution < -0.4 is 0 Å². The third-order valence-corrected chi connectivity index (χ3v) is 1.53. The number of aliphatic hydroxyl groups is 1. The molecule has 0 aromatic carbocycles. The second-order valence-corrected chi connectivity index (χ2v) is 2.48. The smallest absolute Gasteiger partial charge is 0.135 e. The second-order valence-electron chi connectivity index (χ2n) is 2.48. The number of aliphatic hydroxyl groups excluding tert-OH is 1. The zero-order chi connectivity index (χ0) is 8.15. The molecule has 0 bridgehead atoms. The molecule has 0 rings (SSSR count). The highest BCUT2D eigenvalue weighted by molar-refractivity contribution is 5.78. The Labute approximate surface area is 61.6 Å². The van der Waals surface area contributed by atoms with Crippen LogP contribution in [0.4, 0.5) is 0 Å². The van der Waals surface area contributed by atoms with E-state index in [-0.39, 0.29) is 11.7 Å². The van der Waals surface area contributed by atoms with Crippen molar-refractivity contribution in [3.05, 3.63) is 12.7 Å². The van der Waals surface area contributed by atoms with Gasteiger partial charge in [-0.2, -0.15) is 0 Å². The van der Waals surface area contributed by atoms with Crippen LogP contribution >= 0.6 is 0 Å². The number of rotatable bonds is 4. The molecular formula is C8H14O2.